The van der Waals surface area contributed by atoms with Gasteiger partial charge >= 0.3 is 0 Å². The minimum Gasteiger partial charge on any atom is -0.456 e. The summed E-state index contributed by atoms with van der Waals surface area (Å²) in [6.07, 6.45) is 0. The molecule has 0 radical (unpaired) electrons. The highest BCUT2D eigenvalue weighted by Crippen LogP contribution is 2.56. The zero-order valence-electron chi connectivity index (χ0n) is 30.4. The molecule has 0 spiro atoms. The highest BCUT2D eigenvalue weighted by Gasteiger charge is 2.45. The van der Waals surface area contributed by atoms with E-state index in [1.165, 1.54) is 33.4 Å². The number of para-hydroxylation sites is 1. The van der Waals surface area contributed by atoms with E-state index in [1.54, 1.807) is 0 Å². The Labute approximate surface area is 325 Å². The number of fused-ring (bicyclic) bond motifs is 6. The molecule has 0 bridgehead atoms. The van der Waals surface area contributed by atoms with E-state index < -0.39 is 5.41 Å². The van der Waals surface area contributed by atoms with Crippen LogP contribution in [0.5, 0.6) is 0 Å². The van der Waals surface area contributed by atoms with Gasteiger partial charge in [-0.05, 0) is 68.8 Å². The van der Waals surface area contributed by atoms with Crippen molar-refractivity contribution in [3.8, 4) is 56.2 Å². The number of hydrogen-bond acceptors (Lipinski definition) is 3. The van der Waals surface area contributed by atoms with E-state index in [4.69, 9.17) is 14.4 Å². The van der Waals surface area contributed by atoms with Gasteiger partial charge in [-0.3, -0.25) is 0 Å². The molecule has 0 amide bonds. The lowest BCUT2D eigenvalue weighted by atomic mass is 9.67. The third kappa shape index (κ3) is 4.98. The first-order valence-corrected chi connectivity index (χ1v) is 19.1. The van der Waals surface area contributed by atoms with Crippen LogP contribution in [0.3, 0.4) is 0 Å². The maximum atomic E-state index is 6.21. The van der Waals surface area contributed by atoms with Gasteiger partial charge in [0.05, 0.1) is 16.8 Å². The lowest BCUT2D eigenvalue weighted by Crippen LogP contribution is -2.28. The van der Waals surface area contributed by atoms with Crippen molar-refractivity contribution in [1.29, 1.82) is 0 Å². The van der Waals surface area contributed by atoms with Crippen LogP contribution in [-0.4, -0.2) is 9.97 Å². The van der Waals surface area contributed by atoms with Crippen LogP contribution in [-0.2, 0) is 5.41 Å². The molecule has 0 fully saturated rings. The molecule has 11 rings (SSSR count). The number of aromatic nitrogens is 2. The van der Waals surface area contributed by atoms with Gasteiger partial charge in [-0.15, -0.1) is 0 Å². The van der Waals surface area contributed by atoms with Crippen LogP contribution >= 0.6 is 0 Å². The first-order valence-electron chi connectivity index (χ1n) is 19.1. The quantitative estimate of drug-likeness (QED) is 0.172. The molecule has 0 aliphatic heterocycles. The Bertz CT molecular complexity index is 3030. The molecule has 8 aromatic carbocycles. The van der Waals surface area contributed by atoms with E-state index in [0.29, 0.717) is 5.82 Å². The number of rotatable bonds is 6. The summed E-state index contributed by atoms with van der Waals surface area (Å²) in [6.45, 7) is 0. The van der Waals surface area contributed by atoms with Crippen molar-refractivity contribution >= 4 is 21.9 Å². The zero-order valence-corrected chi connectivity index (χ0v) is 30.4. The van der Waals surface area contributed by atoms with E-state index in [9.17, 15) is 0 Å². The maximum Gasteiger partial charge on any atom is 0.160 e. The number of nitrogens with zero attached hydrogens (tertiary/aromatic N) is 2. The molecule has 1 aliphatic rings. The highest BCUT2D eigenvalue weighted by molar-refractivity contribution is 6.12. The van der Waals surface area contributed by atoms with Crippen molar-refractivity contribution in [2.45, 2.75) is 5.41 Å². The van der Waals surface area contributed by atoms with Gasteiger partial charge in [0.2, 0.25) is 0 Å². The highest BCUT2D eigenvalue weighted by atomic mass is 16.3. The van der Waals surface area contributed by atoms with Crippen molar-refractivity contribution in [2.75, 3.05) is 0 Å². The molecular weight excluding hydrogens is 681 g/mol. The standard InChI is InChI=1S/C53H34N2O/c1-3-15-37(16-4-1)52-54-47(36-31-29-35(30-32-36)41-24-14-28-50-51(41)44-23-9-12-27-49(44)56-50)34-48(55-52)38-17-13-20-40(33-38)53(39-18-5-2-6-19-39)45-25-10-7-21-42(45)43-22-8-11-26-46(43)53/h1-34H. The monoisotopic (exact) mass is 714 g/mol. The Balaban J connectivity index is 1.07. The molecule has 0 N–H and O–H groups in total. The van der Waals surface area contributed by atoms with Crippen molar-refractivity contribution in [2.24, 2.45) is 0 Å². The first-order chi connectivity index (χ1) is 27.8. The number of furan rings is 1. The normalized spacial score (nSPS) is 12.8. The van der Waals surface area contributed by atoms with Gasteiger partial charge in [-0.2, -0.15) is 0 Å². The van der Waals surface area contributed by atoms with Crippen molar-refractivity contribution in [1.82, 2.24) is 9.97 Å². The van der Waals surface area contributed by atoms with Gasteiger partial charge in [0.1, 0.15) is 11.2 Å². The van der Waals surface area contributed by atoms with E-state index in [0.717, 1.165) is 61.1 Å². The third-order valence-electron chi connectivity index (χ3n) is 11.4. The molecule has 0 atom stereocenters. The number of hydrogen-bond donors (Lipinski definition) is 0. The molecule has 0 saturated carbocycles. The van der Waals surface area contributed by atoms with Crippen LogP contribution in [0.4, 0.5) is 0 Å². The molecule has 10 aromatic rings. The summed E-state index contributed by atoms with van der Waals surface area (Å²) >= 11 is 0. The fraction of sp³-hybridized carbons (Fsp3) is 0.0189. The van der Waals surface area contributed by atoms with Crippen molar-refractivity contribution in [3.63, 3.8) is 0 Å². The van der Waals surface area contributed by atoms with Crippen molar-refractivity contribution < 1.29 is 4.42 Å². The Morgan fingerprint density at radius 1 is 0.357 bits per heavy atom. The lowest BCUT2D eigenvalue weighted by molar-refractivity contribution is 0.669. The summed E-state index contributed by atoms with van der Waals surface area (Å²) < 4.78 is 6.21. The summed E-state index contributed by atoms with van der Waals surface area (Å²) in [5, 5.41) is 2.25. The minimum atomic E-state index is -0.498. The second kappa shape index (κ2) is 12.9. The predicted octanol–water partition coefficient (Wildman–Crippen LogP) is 13.4. The van der Waals surface area contributed by atoms with Gasteiger partial charge < -0.3 is 4.42 Å². The summed E-state index contributed by atoms with van der Waals surface area (Å²) in [5.41, 5.74) is 15.9. The van der Waals surface area contributed by atoms with E-state index in [2.05, 4.69) is 170 Å². The molecule has 0 unspecified atom stereocenters. The average Bonchev–Trinajstić information content (AvgIpc) is 3.81. The average molecular weight is 715 g/mol. The van der Waals surface area contributed by atoms with Crippen LogP contribution in [0, 0.1) is 0 Å². The fourth-order valence-corrected chi connectivity index (χ4v) is 8.92. The van der Waals surface area contributed by atoms with Gasteiger partial charge in [-0.1, -0.05) is 182 Å². The molecule has 56 heavy (non-hydrogen) atoms. The van der Waals surface area contributed by atoms with Crippen LogP contribution in [0.15, 0.2) is 211 Å². The van der Waals surface area contributed by atoms with E-state index in [-0.39, 0.29) is 0 Å². The summed E-state index contributed by atoms with van der Waals surface area (Å²) in [4.78, 5) is 10.4. The smallest absolute Gasteiger partial charge is 0.160 e. The Kier molecular flexibility index (Phi) is 7.39. The van der Waals surface area contributed by atoms with Gasteiger partial charge in [0, 0.05) is 27.5 Å². The van der Waals surface area contributed by atoms with Gasteiger partial charge in [0.25, 0.3) is 0 Å². The second-order valence-corrected chi connectivity index (χ2v) is 14.5. The van der Waals surface area contributed by atoms with Gasteiger partial charge in [0.15, 0.2) is 5.82 Å². The SMILES string of the molecule is c1ccc(-c2nc(-c3ccc(-c4cccc5oc6ccccc6c45)cc3)cc(-c3cccc(C4(c5ccccc5)c5ccccc5-c5ccccc54)c3)n2)cc1. The van der Waals surface area contributed by atoms with Crippen molar-refractivity contribution in [3.05, 3.63) is 229 Å². The molecule has 3 nitrogen and oxygen atoms in total. The third-order valence-corrected chi connectivity index (χ3v) is 11.4. The predicted molar refractivity (Wildman–Crippen MR) is 228 cm³/mol. The molecule has 262 valence electrons. The van der Waals surface area contributed by atoms with Gasteiger partial charge in [-0.25, -0.2) is 9.97 Å². The van der Waals surface area contributed by atoms with Crippen LogP contribution in [0.25, 0.3) is 78.1 Å². The number of benzene rings is 8. The molecule has 0 saturated heterocycles. The first kappa shape index (κ1) is 32.1. The molecule has 3 heteroatoms. The van der Waals surface area contributed by atoms with Crippen LogP contribution in [0.2, 0.25) is 0 Å². The molecule has 1 aliphatic carbocycles. The lowest BCUT2D eigenvalue weighted by Gasteiger charge is -2.34. The Morgan fingerprint density at radius 3 is 1.64 bits per heavy atom. The Hall–Kier alpha value is -7.36. The fourth-order valence-electron chi connectivity index (χ4n) is 8.92. The Morgan fingerprint density at radius 2 is 0.893 bits per heavy atom. The molecule has 2 heterocycles. The summed E-state index contributed by atoms with van der Waals surface area (Å²) in [7, 11) is 0. The maximum absolute atomic E-state index is 6.21. The second-order valence-electron chi connectivity index (χ2n) is 14.5. The van der Waals surface area contributed by atoms with E-state index >= 15 is 0 Å². The topological polar surface area (TPSA) is 38.9 Å². The minimum absolute atomic E-state index is 0.498. The van der Waals surface area contributed by atoms with Crippen LogP contribution in [0.1, 0.15) is 22.3 Å². The summed E-state index contributed by atoms with van der Waals surface area (Å²) in [5.74, 6) is 0.691. The molecule has 2 aromatic heterocycles. The molecular formula is C53H34N2O. The summed E-state index contributed by atoms with van der Waals surface area (Å²) in [6, 6.07) is 73.3. The largest absolute Gasteiger partial charge is 0.456 e. The van der Waals surface area contributed by atoms with E-state index in [1.807, 2.05) is 36.4 Å². The van der Waals surface area contributed by atoms with Crippen LogP contribution < -0.4 is 0 Å². The zero-order chi connectivity index (χ0) is 37.1.